The van der Waals surface area contributed by atoms with E-state index in [1.165, 1.54) is 6.33 Å². The number of nitrogens with one attached hydrogen (secondary N) is 1. The Kier molecular flexibility index (Phi) is 8.24. The zero-order valence-electron chi connectivity index (χ0n) is 21.5. The summed E-state index contributed by atoms with van der Waals surface area (Å²) in [7, 11) is 3.15. The molecule has 1 aliphatic rings. The summed E-state index contributed by atoms with van der Waals surface area (Å²) in [5.74, 6) is 2.56. The van der Waals surface area contributed by atoms with Gasteiger partial charge in [0.05, 0.1) is 24.6 Å². The van der Waals surface area contributed by atoms with Crippen molar-refractivity contribution in [2.45, 2.75) is 12.8 Å². The number of hydrogen-bond acceptors (Lipinski definition) is 10. The van der Waals surface area contributed by atoms with Crippen LogP contribution in [0.3, 0.4) is 0 Å². The van der Waals surface area contributed by atoms with Crippen molar-refractivity contribution >= 4 is 39.8 Å². The topological polar surface area (TPSA) is 114 Å². The number of carbonyl (C=O) groups excluding carboxylic acids is 1. The number of nitrogens with zero attached hydrogens (tertiary/aromatic N) is 3. The molecule has 0 saturated heterocycles. The molecule has 0 aliphatic carbocycles. The lowest BCUT2D eigenvalue weighted by molar-refractivity contribution is -0.117. The molecule has 39 heavy (non-hydrogen) atoms. The minimum Gasteiger partial charge on any atom is -0.487 e. The number of anilines is 2. The number of methoxy groups -OCH3 is 2. The Bertz CT molecular complexity index is 1500. The van der Waals surface area contributed by atoms with Gasteiger partial charge in [0.1, 0.15) is 37.7 Å². The van der Waals surface area contributed by atoms with E-state index in [4.69, 9.17) is 35.3 Å². The molecule has 4 aromatic rings. The summed E-state index contributed by atoms with van der Waals surface area (Å²) in [4.78, 5) is 25.6. The summed E-state index contributed by atoms with van der Waals surface area (Å²) in [6, 6.07) is 10.8. The van der Waals surface area contributed by atoms with E-state index in [-0.39, 0.29) is 18.6 Å². The molecule has 1 aliphatic heterocycles. The first-order chi connectivity index (χ1) is 19.1. The van der Waals surface area contributed by atoms with E-state index >= 15 is 0 Å². The van der Waals surface area contributed by atoms with Crippen LogP contribution in [0.1, 0.15) is 11.1 Å². The number of hydrogen-bond donors (Lipinski definition) is 1. The number of ketones is 1. The van der Waals surface area contributed by atoms with Gasteiger partial charge in [0.15, 0.2) is 11.5 Å². The monoisotopic (exact) mass is 550 g/mol. The van der Waals surface area contributed by atoms with Gasteiger partial charge in [-0.2, -0.15) is 0 Å². The minimum atomic E-state index is 0.0277. The minimum absolute atomic E-state index is 0.0277. The highest BCUT2D eigenvalue weighted by Crippen LogP contribution is 2.47. The molecule has 0 unspecified atom stereocenters. The number of carbonyl (C=O) groups is 1. The maximum atomic E-state index is 12.7. The zero-order chi connectivity index (χ0) is 27.2. The number of halogens is 1. The summed E-state index contributed by atoms with van der Waals surface area (Å²) in [6.45, 7) is 1.59. The molecular weight excluding hydrogens is 524 g/mol. The first-order valence-corrected chi connectivity index (χ1v) is 12.7. The van der Waals surface area contributed by atoms with Crippen LogP contribution >= 0.6 is 11.6 Å². The van der Waals surface area contributed by atoms with Gasteiger partial charge in [-0.05, 0) is 29.3 Å². The summed E-state index contributed by atoms with van der Waals surface area (Å²) < 4.78 is 27.9. The first kappa shape index (κ1) is 26.5. The molecule has 202 valence electrons. The molecule has 0 radical (unpaired) electrons. The molecule has 2 aromatic carbocycles. The van der Waals surface area contributed by atoms with E-state index in [1.807, 2.05) is 12.1 Å². The third-order valence-electron chi connectivity index (χ3n) is 6.04. The fourth-order valence-corrected chi connectivity index (χ4v) is 4.47. The van der Waals surface area contributed by atoms with Crippen molar-refractivity contribution in [3.63, 3.8) is 0 Å². The van der Waals surface area contributed by atoms with Crippen molar-refractivity contribution in [2.75, 3.05) is 46.0 Å². The van der Waals surface area contributed by atoms with Crippen LogP contribution in [0.4, 0.5) is 11.5 Å². The lowest BCUT2D eigenvalue weighted by Gasteiger charge is -2.23. The van der Waals surface area contributed by atoms with E-state index in [9.17, 15) is 4.79 Å². The maximum absolute atomic E-state index is 12.7. The zero-order valence-corrected chi connectivity index (χ0v) is 22.3. The molecule has 0 amide bonds. The molecule has 0 bridgehead atoms. The average molecular weight is 551 g/mol. The van der Waals surface area contributed by atoms with Crippen LogP contribution in [0.5, 0.6) is 23.1 Å². The normalized spacial score (nSPS) is 12.3. The predicted octanol–water partition coefficient (Wildman–Crippen LogP) is 4.58. The standard InChI is InChI=1S/C28H27ClN4O6/c1-35-7-8-37-23-15-22-25(27-26(23)38-9-10-39-27)28(32-16-31-22)33-19-4-3-18(21(29)14-19)13-20(34)11-17-5-6-30-24(12-17)36-2/h3-6,12,14-16H,7-11,13H2,1-2H3,(H,31,32,33). The van der Waals surface area contributed by atoms with E-state index < -0.39 is 0 Å². The van der Waals surface area contributed by atoms with E-state index in [2.05, 4.69) is 20.3 Å². The molecule has 3 heterocycles. The molecule has 0 spiro atoms. The van der Waals surface area contributed by atoms with Gasteiger partial charge in [-0.15, -0.1) is 0 Å². The second-order valence-electron chi connectivity index (χ2n) is 8.72. The molecule has 2 aromatic heterocycles. The van der Waals surface area contributed by atoms with Crippen molar-refractivity contribution in [1.29, 1.82) is 0 Å². The summed E-state index contributed by atoms with van der Waals surface area (Å²) in [6.07, 6.45) is 3.54. The van der Waals surface area contributed by atoms with Crippen molar-refractivity contribution in [2.24, 2.45) is 0 Å². The van der Waals surface area contributed by atoms with Gasteiger partial charge in [-0.3, -0.25) is 4.79 Å². The summed E-state index contributed by atoms with van der Waals surface area (Å²) in [5, 5.41) is 4.43. The Balaban J connectivity index is 1.36. The average Bonchev–Trinajstić information content (AvgIpc) is 2.95. The molecule has 11 heteroatoms. The van der Waals surface area contributed by atoms with Crippen LogP contribution in [0, 0.1) is 0 Å². The Morgan fingerprint density at radius 3 is 2.64 bits per heavy atom. The predicted molar refractivity (Wildman–Crippen MR) is 146 cm³/mol. The number of ether oxygens (including phenoxy) is 5. The van der Waals surface area contributed by atoms with Crippen molar-refractivity contribution in [3.8, 4) is 23.1 Å². The quantitative estimate of drug-likeness (QED) is 0.266. The first-order valence-electron chi connectivity index (χ1n) is 12.3. The molecule has 5 rings (SSSR count). The smallest absolute Gasteiger partial charge is 0.213 e. The maximum Gasteiger partial charge on any atom is 0.213 e. The van der Waals surface area contributed by atoms with Gasteiger partial charge in [-0.1, -0.05) is 17.7 Å². The molecule has 0 atom stereocenters. The van der Waals surface area contributed by atoms with Crippen LogP contribution < -0.4 is 24.3 Å². The Hall–Kier alpha value is -4.15. The van der Waals surface area contributed by atoms with Crippen molar-refractivity contribution in [1.82, 2.24) is 15.0 Å². The fourth-order valence-electron chi connectivity index (χ4n) is 4.23. The molecule has 0 fully saturated rings. The Labute approximate surface area is 230 Å². The lowest BCUT2D eigenvalue weighted by Crippen LogP contribution is -2.17. The SMILES string of the molecule is COCCOc1cc2ncnc(Nc3ccc(CC(=O)Cc4ccnc(OC)c4)c(Cl)c3)c2c2c1OCCO2. The number of pyridine rings is 1. The van der Waals surface area contributed by atoms with Gasteiger partial charge < -0.3 is 29.0 Å². The second kappa shape index (κ2) is 12.1. The van der Waals surface area contributed by atoms with Crippen molar-refractivity contribution in [3.05, 3.63) is 65.1 Å². The van der Waals surface area contributed by atoms with Crippen LogP contribution in [0.25, 0.3) is 10.9 Å². The van der Waals surface area contributed by atoms with E-state index in [0.717, 1.165) is 11.1 Å². The number of aromatic nitrogens is 3. The van der Waals surface area contributed by atoms with Crippen LogP contribution in [0.15, 0.2) is 48.9 Å². The van der Waals surface area contributed by atoms with Gasteiger partial charge in [0.25, 0.3) is 0 Å². The molecular formula is C28H27ClN4O6. The van der Waals surface area contributed by atoms with Crippen LogP contribution in [-0.4, -0.2) is 61.4 Å². The lowest BCUT2D eigenvalue weighted by atomic mass is 10.0. The Morgan fingerprint density at radius 1 is 1.00 bits per heavy atom. The largest absolute Gasteiger partial charge is 0.487 e. The van der Waals surface area contributed by atoms with Gasteiger partial charge in [-0.25, -0.2) is 15.0 Å². The highest BCUT2D eigenvalue weighted by Gasteiger charge is 2.24. The summed E-state index contributed by atoms with van der Waals surface area (Å²) in [5.41, 5.74) is 2.89. The highest BCUT2D eigenvalue weighted by molar-refractivity contribution is 6.31. The molecule has 1 N–H and O–H groups in total. The Morgan fingerprint density at radius 2 is 1.85 bits per heavy atom. The number of benzene rings is 2. The van der Waals surface area contributed by atoms with E-state index in [1.54, 1.807) is 44.7 Å². The number of fused-ring (bicyclic) bond motifs is 3. The van der Waals surface area contributed by atoms with Crippen molar-refractivity contribution < 1.29 is 28.5 Å². The third-order valence-corrected chi connectivity index (χ3v) is 6.39. The second-order valence-corrected chi connectivity index (χ2v) is 9.12. The third kappa shape index (κ3) is 6.13. The fraction of sp³-hybridized carbons (Fsp3) is 0.286. The highest BCUT2D eigenvalue weighted by atomic mass is 35.5. The van der Waals surface area contributed by atoms with Gasteiger partial charge in [0.2, 0.25) is 11.6 Å². The van der Waals surface area contributed by atoms with E-state index in [0.29, 0.717) is 77.0 Å². The number of Topliss-reactive ketones (excluding diaryl/α,β-unsaturated/α-hetero) is 1. The summed E-state index contributed by atoms with van der Waals surface area (Å²) >= 11 is 6.58. The van der Waals surface area contributed by atoms with Crippen LogP contribution in [0.2, 0.25) is 5.02 Å². The van der Waals surface area contributed by atoms with Gasteiger partial charge >= 0.3 is 0 Å². The number of rotatable bonds is 11. The molecule has 10 nitrogen and oxygen atoms in total. The van der Waals surface area contributed by atoms with Gasteiger partial charge in [0, 0.05) is 49.0 Å². The molecule has 0 saturated carbocycles. The van der Waals surface area contributed by atoms with Crippen LogP contribution in [-0.2, 0) is 22.4 Å².